The Labute approximate surface area is 168 Å². The molecule has 0 N–H and O–H groups in total. The average molecular weight is 408 g/mol. The molecule has 0 bridgehead atoms. The van der Waals surface area contributed by atoms with Gasteiger partial charge in [-0.15, -0.1) is 16.4 Å². The van der Waals surface area contributed by atoms with Crippen LogP contribution in [0.1, 0.15) is 22.8 Å². The number of fused-ring (bicyclic) bond motifs is 5. The molecule has 0 radical (unpaired) electrons. The Hall–Kier alpha value is -3.47. The quantitative estimate of drug-likeness (QED) is 0.331. The summed E-state index contributed by atoms with van der Waals surface area (Å²) in [6.45, 7) is 6.30. The van der Waals surface area contributed by atoms with Crippen molar-refractivity contribution in [3.05, 3.63) is 51.4 Å². The maximum atomic E-state index is 10.9. The Bertz CT molecular complexity index is 1430. The van der Waals surface area contributed by atoms with Gasteiger partial charge >= 0.3 is 5.82 Å². The van der Waals surface area contributed by atoms with Crippen LogP contribution in [0.15, 0.2) is 18.5 Å². The third kappa shape index (κ3) is 2.81. The predicted octanol–water partition coefficient (Wildman–Crippen LogP) is 3.16. The number of aryl methyl sites for hydroxylation is 5. The van der Waals surface area contributed by atoms with E-state index < -0.39 is 4.92 Å². The summed E-state index contributed by atoms with van der Waals surface area (Å²) < 4.78 is 4.23. The molecule has 0 saturated heterocycles. The van der Waals surface area contributed by atoms with Gasteiger partial charge in [0.05, 0.1) is 28.9 Å². The molecule has 0 aliphatic heterocycles. The SMILES string of the molecule is Cc1cc(C)c2c(n1)sc1c2ncn2nc(CCn3nc([N+](=O)[O-])cc3C)nc12. The third-order valence-corrected chi connectivity index (χ3v) is 5.91. The lowest BCUT2D eigenvalue weighted by Crippen LogP contribution is -2.06. The molecule has 5 rings (SSSR count). The van der Waals surface area contributed by atoms with E-state index in [0.717, 1.165) is 43.0 Å². The molecule has 5 aromatic heterocycles. The van der Waals surface area contributed by atoms with Crippen LogP contribution in [0.5, 0.6) is 0 Å². The Morgan fingerprint density at radius 1 is 1.17 bits per heavy atom. The number of hydrogen-bond acceptors (Lipinski definition) is 8. The number of rotatable bonds is 4. The van der Waals surface area contributed by atoms with Crippen molar-refractivity contribution < 1.29 is 4.92 Å². The second-order valence-corrected chi connectivity index (χ2v) is 7.95. The molecule has 0 amide bonds. The van der Waals surface area contributed by atoms with Crippen molar-refractivity contribution in [2.24, 2.45) is 0 Å². The van der Waals surface area contributed by atoms with Gasteiger partial charge in [-0.2, -0.15) is 4.68 Å². The van der Waals surface area contributed by atoms with Gasteiger partial charge in [-0.25, -0.2) is 19.5 Å². The molecular formula is C18H16N8O2S. The van der Waals surface area contributed by atoms with Gasteiger partial charge in [0.2, 0.25) is 0 Å². The number of thiophene rings is 1. The van der Waals surface area contributed by atoms with Gasteiger partial charge < -0.3 is 10.1 Å². The Balaban J connectivity index is 1.54. The zero-order valence-corrected chi connectivity index (χ0v) is 16.8. The molecule has 29 heavy (non-hydrogen) atoms. The van der Waals surface area contributed by atoms with Crippen molar-refractivity contribution >= 4 is 43.2 Å². The third-order valence-electron chi connectivity index (χ3n) is 4.84. The summed E-state index contributed by atoms with van der Waals surface area (Å²) in [4.78, 5) is 25.3. The molecule has 11 heteroatoms. The molecule has 0 fully saturated rings. The highest BCUT2D eigenvalue weighted by molar-refractivity contribution is 7.26. The molecule has 10 nitrogen and oxygen atoms in total. The minimum atomic E-state index is -0.492. The van der Waals surface area contributed by atoms with Gasteiger partial charge in [0.1, 0.15) is 15.9 Å². The lowest BCUT2D eigenvalue weighted by molar-refractivity contribution is -0.389. The summed E-state index contributed by atoms with van der Waals surface area (Å²) >= 11 is 1.57. The van der Waals surface area contributed by atoms with Crippen molar-refractivity contribution in [3.63, 3.8) is 0 Å². The lowest BCUT2D eigenvalue weighted by Gasteiger charge is -1.98. The lowest BCUT2D eigenvalue weighted by atomic mass is 10.1. The van der Waals surface area contributed by atoms with Crippen LogP contribution in [0.3, 0.4) is 0 Å². The minimum Gasteiger partial charge on any atom is -0.358 e. The molecule has 146 valence electrons. The molecule has 0 atom stereocenters. The second kappa shape index (κ2) is 6.27. The predicted molar refractivity (Wildman–Crippen MR) is 108 cm³/mol. The first kappa shape index (κ1) is 17.6. The highest BCUT2D eigenvalue weighted by atomic mass is 32.1. The highest BCUT2D eigenvalue weighted by Gasteiger charge is 2.18. The van der Waals surface area contributed by atoms with E-state index in [2.05, 4.69) is 33.2 Å². The van der Waals surface area contributed by atoms with Crippen LogP contribution in [-0.4, -0.2) is 39.3 Å². The van der Waals surface area contributed by atoms with Gasteiger partial charge in [0.15, 0.2) is 11.5 Å². The summed E-state index contributed by atoms with van der Waals surface area (Å²) in [5, 5.41) is 20.5. The first-order valence-electron chi connectivity index (χ1n) is 9.00. The minimum absolute atomic E-state index is 0.153. The molecule has 5 heterocycles. The molecule has 0 aliphatic rings. The average Bonchev–Trinajstić information content (AvgIpc) is 3.33. The molecule has 0 aromatic carbocycles. The van der Waals surface area contributed by atoms with E-state index >= 15 is 0 Å². The van der Waals surface area contributed by atoms with Crippen LogP contribution in [0.4, 0.5) is 5.82 Å². The van der Waals surface area contributed by atoms with Crippen molar-refractivity contribution in [2.75, 3.05) is 0 Å². The van der Waals surface area contributed by atoms with Crippen molar-refractivity contribution in [1.82, 2.24) is 34.3 Å². The van der Waals surface area contributed by atoms with Gasteiger partial charge in [-0.1, -0.05) is 0 Å². The smallest absolute Gasteiger partial charge is 0.358 e. The van der Waals surface area contributed by atoms with E-state index in [0.29, 0.717) is 18.8 Å². The van der Waals surface area contributed by atoms with E-state index in [1.807, 2.05) is 6.92 Å². The molecule has 0 unspecified atom stereocenters. The fourth-order valence-electron chi connectivity index (χ4n) is 3.53. The van der Waals surface area contributed by atoms with Gasteiger partial charge in [0, 0.05) is 17.5 Å². The van der Waals surface area contributed by atoms with Gasteiger partial charge in [0.25, 0.3) is 0 Å². The van der Waals surface area contributed by atoms with Crippen molar-refractivity contribution in [3.8, 4) is 0 Å². The maximum absolute atomic E-state index is 10.9. The highest BCUT2D eigenvalue weighted by Crippen LogP contribution is 2.35. The Morgan fingerprint density at radius 2 is 2.00 bits per heavy atom. The van der Waals surface area contributed by atoms with Crippen molar-refractivity contribution in [2.45, 2.75) is 33.7 Å². The number of nitro groups is 1. The number of aromatic nitrogens is 7. The number of hydrogen-bond donors (Lipinski definition) is 0. The van der Waals surface area contributed by atoms with Crippen LogP contribution in [0.2, 0.25) is 0 Å². The number of pyridine rings is 1. The normalized spacial score (nSPS) is 11.8. The molecule has 5 aromatic rings. The van der Waals surface area contributed by atoms with E-state index in [1.54, 1.807) is 33.8 Å². The van der Waals surface area contributed by atoms with E-state index in [4.69, 9.17) is 4.98 Å². The topological polar surface area (TPSA) is 117 Å². The van der Waals surface area contributed by atoms with E-state index in [-0.39, 0.29) is 5.82 Å². The summed E-state index contributed by atoms with van der Waals surface area (Å²) in [7, 11) is 0. The van der Waals surface area contributed by atoms with Crippen molar-refractivity contribution in [1.29, 1.82) is 0 Å². The second-order valence-electron chi connectivity index (χ2n) is 6.96. The summed E-state index contributed by atoms with van der Waals surface area (Å²) in [6, 6.07) is 3.51. The molecule has 0 spiro atoms. The zero-order valence-electron chi connectivity index (χ0n) is 15.9. The Morgan fingerprint density at radius 3 is 2.76 bits per heavy atom. The summed E-state index contributed by atoms with van der Waals surface area (Å²) in [5.41, 5.74) is 4.48. The first-order valence-corrected chi connectivity index (χ1v) is 9.82. The van der Waals surface area contributed by atoms with Crippen LogP contribution in [-0.2, 0) is 13.0 Å². The molecule has 0 aliphatic carbocycles. The standard InChI is InChI=1S/C18H16N8O2S/c1-9-6-10(2)20-18-14(9)15-16(29-18)17-21-12(22-25(17)8-19-15)4-5-24-11(3)7-13(23-24)26(27)28/h6-8H,4-5H2,1-3H3. The van der Waals surface area contributed by atoms with Gasteiger partial charge in [-0.05, 0) is 37.3 Å². The molecular weight excluding hydrogens is 392 g/mol. The Kier molecular flexibility index (Phi) is 3.81. The molecule has 0 saturated carbocycles. The fourth-order valence-corrected chi connectivity index (χ4v) is 4.76. The van der Waals surface area contributed by atoms with E-state index in [1.165, 1.54) is 6.07 Å². The number of nitrogens with zero attached hydrogens (tertiary/aromatic N) is 8. The monoisotopic (exact) mass is 408 g/mol. The fraction of sp³-hybridized carbons (Fsp3) is 0.278. The van der Waals surface area contributed by atoms with Crippen LogP contribution < -0.4 is 0 Å². The zero-order chi connectivity index (χ0) is 20.3. The summed E-state index contributed by atoms with van der Waals surface area (Å²) in [5.74, 6) is 0.481. The maximum Gasteiger partial charge on any atom is 0.390 e. The van der Waals surface area contributed by atoms with Crippen LogP contribution in [0.25, 0.3) is 26.1 Å². The first-order chi connectivity index (χ1) is 13.9. The van der Waals surface area contributed by atoms with Crippen LogP contribution in [0, 0.1) is 30.9 Å². The van der Waals surface area contributed by atoms with E-state index in [9.17, 15) is 10.1 Å². The van der Waals surface area contributed by atoms with Gasteiger partial charge in [-0.3, -0.25) is 0 Å². The van der Waals surface area contributed by atoms with Crippen LogP contribution >= 0.6 is 11.3 Å². The summed E-state index contributed by atoms with van der Waals surface area (Å²) in [6.07, 6.45) is 2.17. The largest absolute Gasteiger partial charge is 0.390 e.